The summed E-state index contributed by atoms with van der Waals surface area (Å²) in [5.41, 5.74) is 0.777. The van der Waals surface area contributed by atoms with Crippen LogP contribution in [0.2, 0.25) is 0 Å². The molecule has 1 amide bonds. The van der Waals surface area contributed by atoms with E-state index >= 15 is 0 Å². The number of nitrogens with zero attached hydrogens (tertiary/aromatic N) is 1. The maximum Gasteiger partial charge on any atom is 0.326 e. The molecule has 0 saturated heterocycles. The number of hydrogen-bond donors (Lipinski definition) is 2. The molecule has 5 heteroatoms. The van der Waals surface area contributed by atoms with Crippen LogP contribution in [-0.4, -0.2) is 28.0 Å². The number of carboxylic acid groups (broad SMARTS) is 1. The fourth-order valence-electron chi connectivity index (χ4n) is 1.75. The van der Waals surface area contributed by atoms with Crippen LogP contribution in [0.25, 0.3) is 0 Å². The van der Waals surface area contributed by atoms with Gasteiger partial charge in [0.25, 0.3) is 0 Å². The molecular formula is C14H20N2O3. The molecule has 1 aromatic heterocycles. The van der Waals surface area contributed by atoms with Gasteiger partial charge in [0, 0.05) is 12.4 Å². The van der Waals surface area contributed by atoms with Crippen molar-refractivity contribution in [3.8, 4) is 0 Å². The van der Waals surface area contributed by atoms with Crippen molar-refractivity contribution in [2.75, 3.05) is 0 Å². The van der Waals surface area contributed by atoms with E-state index in [0.29, 0.717) is 6.42 Å². The monoisotopic (exact) mass is 264 g/mol. The second-order valence-electron chi connectivity index (χ2n) is 4.55. The van der Waals surface area contributed by atoms with Gasteiger partial charge in [0.2, 0.25) is 5.91 Å². The first-order valence-corrected chi connectivity index (χ1v) is 6.49. The van der Waals surface area contributed by atoms with Crippen molar-refractivity contribution in [3.63, 3.8) is 0 Å². The van der Waals surface area contributed by atoms with E-state index < -0.39 is 17.9 Å². The summed E-state index contributed by atoms with van der Waals surface area (Å²) in [6.07, 6.45) is 5.38. The zero-order valence-corrected chi connectivity index (χ0v) is 11.3. The van der Waals surface area contributed by atoms with Crippen molar-refractivity contribution in [1.29, 1.82) is 0 Å². The number of rotatable bonds is 7. The second kappa shape index (κ2) is 7.51. The molecule has 1 unspecified atom stereocenters. The van der Waals surface area contributed by atoms with Crippen molar-refractivity contribution in [3.05, 3.63) is 30.1 Å². The van der Waals surface area contributed by atoms with E-state index in [4.69, 9.17) is 5.11 Å². The number of carbonyl (C=O) groups is 2. The zero-order chi connectivity index (χ0) is 14.3. The van der Waals surface area contributed by atoms with Crippen LogP contribution >= 0.6 is 0 Å². The number of carboxylic acids is 1. The van der Waals surface area contributed by atoms with Crippen LogP contribution in [0.5, 0.6) is 0 Å². The van der Waals surface area contributed by atoms with Crippen LogP contribution in [0.3, 0.4) is 0 Å². The van der Waals surface area contributed by atoms with Gasteiger partial charge in [-0.05, 0) is 25.0 Å². The summed E-state index contributed by atoms with van der Waals surface area (Å²) in [5.74, 6) is -1.67. The number of aromatic nitrogens is 1. The van der Waals surface area contributed by atoms with Gasteiger partial charge in [0.05, 0.1) is 5.92 Å². The molecule has 0 aliphatic rings. The number of pyridine rings is 1. The fourth-order valence-corrected chi connectivity index (χ4v) is 1.75. The Morgan fingerprint density at radius 1 is 1.47 bits per heavy atom. The Morgan fingerprint density at radius 3 is 2.74 bits per heavy atom. The number of unbranched alkanes of at least 4 members (excludes halogenated alkanes) is 1. The van der Waals surface area contributed by atoms with Gasteiger partial charge in [-0.3, -0.25) is 9.78 Å². The van der Waals surface area contributed by atoms with Crippen LogP contribution in [0.15, 0.2) is 24.5 Å². The predicted molar refractivity (Wildman–Crippen MR) is 71.7 cm³/mol. The van der Waals surface area contributed by atoms with Gasteiger partial charge in [0.1, 0.15) is 6.04 Å². The van der Waals surface area contributed by atoms with E-state index in [1.54, 1.807) is 31.5 Å². The lowest BCUT2D eigenvalue weighted by Crippen LogP contribution is -2.42. The molecule has 0 aliphatic heterocycles. The van der Waals surface area contributed by atoms with Crippen molar-refractivity contribution < 1.29 is 14.7 Å². The summed E-state index contributed by atoms with van der Waals surface area (Å²) < 4.78 is 0. The van der Waals surface area contributed by atoms with Crippen LogP contribution in [-0.2, 0) is 9.59 Å². The normalized spacial score (nSPS) is 13.6. The molecule has 2 atom stereocenters. The highest BCUT2D eigenvalue weighted by atomic mass is 16.4. The SMILES string of the molecule is CCCC[C@H](NC(=O)C(C)c1cccnc1)C(=O)O. The lowest BCUT2D eigenvalue weighted by molar-refractivity contribution is -0.142. The Labute approximate surface area is 113 Å². The number of nitrogens with one attached hydrogen (secondary N) is 1. The van der Waals surface area contributed by atoms with Crippen molar-refractivity contribution >= 4 is 11.9 Å². The summed E-state index contributed by atoms with van der Waals surface area (Å²) in [5, 5.41) is 11.7. The van der Waals surface area contributed by atoms with Crippen molar-refractivity contribution in [2.45, 2.75) is 45.1 Å². The predicted octanol–water partition coefficient (Wildman–Crippen LogP) is 1.94. The van der Waals surface area contributed by atoms with Gasteiger partial charge in [-0.2, -0.15) is 0 Å². The minimum atomic E-state index is -0.986. The molecule has 0 aromatic carbocycles. The smallest absolute Gasteiger partial charge is 0.326 e. The molecular weight excluding hydrogens is 244 g/mol. The maximum absolute atomic E-state index is 12.0. The van der Waals surface area contributed by atoms with Gasteiger partial charge in [-0.1, -0.05) is 25.8 Å². The van der Waals surface area contributed by atoms with Crippen molar-refractivity contribution in [1.82, 2.24) is 10.3 Å². The summed E-state index contributed by atoms with van der Waals surface area (Å²) in [6.45, 7) is 3.73. The van der Waals surface area contributed by atoms with Crippen LogP contribution in [0, 0.1) is 0 Å². The van der Waals surface area contributed by atoms with Gasteiger partial charge in [-0.15, -0.1) is 0 Å². The molecule has 0 bridgehead atoms. The summed E-state index contributed by atoms with van der Waals surface area (Å²) in [6, 6.07) is 2.75. The maximum atomic E-state index is 12.0. The largest absolute Gasteiger partial charge is 0.480 e. The van der Waals surface area contributed by atoms with Crippen LogP contribution in [0.1, 0.15) is 44.6 Å². The van der Waals surface area contributed by atoms with E-state index in [1.807, 2.05) is 6.92 Å². The summed E-state index contributed by atoms with van der Waals surface area (Å²) in [4.78, 5) is 27.0. The molecule has 19 heavy (non-hydrogen) atoms. The fraction of sp³-hybridized carbons (Fsp3) is 0.500. The third-order valence-corrected chi connectivity index (χ3v) is 3.04. The third-order valence-electron chi connectivity index (χ3n) is 3.04. The number of aliphatic carboxylic acids is 1. The molecule has 2 N–H and O–H groups in total. The Kier molecular flexibility index (Phi) is 5.99. The average molecular weight is 264 g/mol. The van der Waals surface area contributed by atoms with Crippen LogP contribution in [0.4, 0.5) is 0 Å². The summed E-state index contributed by atoms with van der Waals surface area (Å²) >= 11 is 0. The van der Waals surface area contributed by atoms with Gasteiger partial charge in [0.15, 0.2) is 0 Å². The van der Waals surface area contributed by atoms with Gasteiger partial charge >= 0.3 is 5.97 Å². The Balaban J connectivity index is 2.64. The van der Waals surface area contributed by atoms with E-state index in [-0.39, 0.29) is 5.91 Å². The van der Waals surface area contributed by atoms with Gasteiger partial charge < -0.3 is 10.4 Å². The van der Waals surface area contributed by atoms with E-state index in [1.165, 1.54) is 0 Å². The number of carbonyl (C=O) groups excluding carboxylic acids is 1. The first-order valence-electron chi connectivity index (χ1n) is 6.49. The summed E-state index contributed by atoms with van der Waals surface area (Å²) in [7, 11) is 0. The third kappa shape index (κ3) is 4.69. The molecule has 5 nitrogen and oxygen atoms in total. The van der Waals surface area contributed by atoms with E-state index in [2.05, 4.69) is 10.3 Å². The molecule has 0 spiro atoms. The lowest BCUT2D eigenvalue weighted by Gasteiger charge is -2.17. The molecule has 0 fully saturated rings. The standard InChI is InChI=1S/C14H20N2O3/c1-3-4-7-12(14(18)19)16-13(17)10(2)11-6-5-8-15-9-11/h5-6,8-10,12H,3-4,7H2,1-2H3,(H,16,17)(H,18,19)/t10?,12-/m0/s1. The molecule has 104 valence electrons. The highest BCUT2D eigenvalue weighted by Gasteiger charge is 2.23. The quantitative estimate of drug-likeness (QED) is 0.788. The first-order chi connectivity index (χ1) is 9.06. The highest BCUT2D eigenvalue weighted by molar-refractivity contribution is 5.87. The molecule has 1 aromatic rings. The van der Waals surface area contributed by atoms with Gasteiger partial charge in [-0.25, -0.2) is 4.79 Å². The Hall–Kier alpha value is -1.91. The molecule has 0 aliphatic carbocycles. The average Bonchev–Trinajstić information content (AvgIpc) is 2.43. The Morgan fingerprint density at radius 2 is 2.21 bits per heavy atom. The van der Waals surface area contributed by atoms with E-state index in [9.17, 15) is 9.59 Å². The minimum Gasteiger partial charge on any atom is -0.480 e. The first kappa shape index (κ1) is 15.1. The number of amides is 1. The second-order valence-corrected chi connectivity index (χ2v) is 4.55. The lowest BCUT2D eigenvalue weighted by atomic mass is 10.0. The van der Waals surface area contributed by atoms with E-state index in [0.717, 1.165) is 18.4 Å². The number of hydrogen-bond acceptors (Lipinski definition) is 3. The molecule has 1 rings (SSSR count). The zero-order valence-electron chi connectivity index (χ0n) is 11.3. The van der Waals surface area contributed by atoms with Crippen LogP contribution < -0.4 is 5.32 Å². The minimum absolute atomic E-state index is 0.281. The Bertz CT molecular complexity index is 420. The topological polar surface area (TPSA) is 79.3 Å². The molecule has 1 heterocycles. The molecule has 0 radical (unpaired) electrons. The van der Waals surface area contributed by atoms with Crippen molar-refractivity contribution in [2.24, 2.45) is 0 Å². The highest BCUT2D eigenvalue weighted by Crippen LogP contribution is 2.14. The molecule has 0 saturated carbocycles.